The second kappa shape index (κ2) is 8.73. The van der Waals surface area contributed by atoms with Gasteiger partial charge in [-0.3, -0.25) is 4.99 Å². The van der Waals surface area contributed by atoms with Crippen LogP contribution < -0.4 is 4.74 Å². The van der Waals surface area contributed by atoms with Gasteiger partial charge in [-0.25, -0.2) is 4.98 Å². The molecular formula is C23H22F3N3O. The highest BCUT2D eigenvalue weighted by Gasteiger charge is 2.30. The van der Waals surface area contributed by atoms with Gasteiger partial charge in [0.1, 0.15) is 5.75 Å². The SMILES string of the molecule is FC(F)(F)c1ccc(Oc2cccc(/C=C3\CCCC(N4C=CN=CC4)C3)c2)nc1. The average molecular weight is 413 g/mol. The lowest BCUT2D eigenvalue weighted by atomic mass is 9.88. The van der Waals surface area contributed by atoms with Crippen LogP contribution in [0.1, 0.15) is 36.8 Å². The van der Waals surface area contributed by atoms with Crippen molar-refractivity contribution in [2.24, 2.45) is 4.99 Å². The molecule has 4 nitrogen and oxygen atoms in total. The third-order valence-electron chi connectivity index (χ3n) is 5.26. The van der Waals surface area contributed by atoms with Crippen molar-refractivity contribution in [2.45, 2.75) is 37.9 Å². The first-order valence-corrected chi connectivity index (χ1v) is 9.92. The normalized spacial score (nSPS) is 20.6. The summed E-state index contributed by atoms with van der Waals surface area (Å²) in [5, 5.41) is 0. The monoisotopic (exact) mass is 413 g/mol. The number of alkyl halides is 3. The van der Waals surface area contributed by atoms with Crippen LogP contribution in [0.15, 0.2) is 65.6 Å². The van der Waals surface area contributed by atoms with Gasteiger partial charge >= 0.3 is 6.18 Å². The van der Waals surface area contributed by atoms with E-state index in [0.717, 1.165) is 50.1 Å². The minimum Gasteiger partial charge on any atom is -0.439 e. The van der Waals surface area contributed by atoms with E-state index in [4.69, 9.17) is 4.74 Å². The van der Waals surface area contributed by atoms with Gasteiger partial charge in [-0.1, -0.05) is 23.8 Å². The van der Waals surface area contributed by atoms with Crippen LogP contribution in [0, 0.1) is 0 Å². The molecule has 2 aliphatic rings. The molecule has 1 fully saturated rings. The minimum atomic E-state index is -4.41. The van der Waals surface area contributed by atoms with Gasteiger partial charge in [-0.15, -0.1) is 0 Å². The van der Waals surface area contributed by atoms with Gasteiger partial charge in [-0.05, 0) is 49.4 Å². The number of ether oxygens (including phenoxy) is 1. The van der Waals surface area contributed by atoms with Crippen molar-refractivity contribution in [3.05, 3.63) is 71.7 Å². The van der Waals surface area contributed by atoms with Crippen molar-refractivity contribution < 1.29 is 17.9 Å². The van der Waals surface area contributed by atoms with Crippen LogP contribution >= 0.6 is 0 Å². The Morgan fingerprint density at radius 2 is 2.07 bits per heavy atom. The predicted molar refractivity (Wildman–Crippen MR) is 110 cm³/mol. The van der Waals surface area contributed by atoms with Gasteiger partial charge in [0, 0.05) is 36.9 Å². The summed E-state index contributed by atoms with van der Waals surface area (Å²) in [5.74, 6) is 0.670. The molecule has 1 aromatic carbocycles. The number of benzene rings is 1. The molecule has 1 unspecified atom stereocenters. The highest BCUT2D eigenvalue weighted by atomic mass is 19.4. The van der Waals surface area contributed by atoms with E-state index in [0.29, 0.717) is 11.8 Å². The molecule has 2 aromatic rings. The summed E-state index contributed by atoms with van der Waals surface area (Å²) in [4.78, 5) is 10.2. The zero-order chi connectivity index (χ0) is 21.0. The number of nitrogens with zero attached hydrogens (tertiary/aromatic N) is 3. The highest BCUT2D eigenvalue weighted by molar-refractivity contribution is 5.62. The van der Waals surface area contributed by atoms with E-state index in [1.54, 1.807) is 6.07 Å². The molecule has 1 saturated carbocycles. The number of aromatic nitrogens is 1. The highest BCUT2D eigenvalue weighted by Crippen LogP contribution is 2.32. The number of hydrogen-bond donors (Lipinski definition) is 0. The molecule has 1 atom stereocenters. The van der Waals surface area contributed by atoms with E-state index < -0.39 is 11.7 Å². The molecule has 7 heteroatoms. The molecule has 0 radical (unpaired) electrons. The molecule has 1 aliphatic carbocycles. The zero-order valence-electron chi connectivity index (χ0n) is 16.3. The van der Waals surface area contributed by atoms with Crippen molar-refractivity contribution in [3.63, 3.8) is 0 Å². The molecule has 4 rings (SSSR count). The van der Waals surface area contributed by atoms with Crippen LogP contribution in [0.2, 0.25) is 0 Å². The number of aliphatic imine (C=N–C) groups is 1. The fourth-order valence-electron chi connectivity index (χ4n) is 3.78. The zero-order valence-corrected chi connectivity index (χ0v) is 16.3. The molecule has 30 heavy (non-hydrogen) atoms. The molecule has 0 saturated heterocycles. The molecule has 1 aliphatic heterocycles. The summed E-state index contributed by atoms with van der Waals surface area (Å²) in [6, 6.07) is 10.2. The molecule has 1 aromatic heterocycles. The van der Waals surface area contributed by atoms with Gasteiger partial charge < -0.3 is 9.64 Å². The molecule has 0 N–H and O–H groups in total. The third kappa shape index (κ3) is 5.09. The molecule has 0 amide bonds. The second-order valence-electron chi connectivity index (χ2n) is 7.44. The Hall–Kier alpha value is -3.09. The summed E-state index contributed by atoms with van der Waals surface area (Å²) < 4.78 is 43.7. The summed E-state index contributed by atoms with van der Waals surface area (Å²) >= 11 is 0. The maximum absolute atomic E-state index is 12.7. The van der Waals surface area contributed by atoms with Crippen LogP contribution in [0.25, 0.3) is 6.08 Å². The van der Waals surface area contributed by atoms with E-state index in [-0.39, 0.29) is 5.88 Å². The minimum absolute atomic E-state index is 0.129. The number of hydrogen-bond acceptors (Lipinski definition) is 4. The fourth-order valence-corrected chi connectivity index (χ4v) is 3.78. The Bertz CT molecular complexity index is 964. The van der Waals surface area contributed by atoms with Crippen molar-refractivity contribution in [1.29, 1.82) is 0 Å². The second-order valence-corrected chi connectivity index (χ2v) is 7.44. The summed E-state index contributed by atoms with van der Waals surface area (Å²) in [5.41, 5.74) is 1.59. The Labute approximate surface area is 173 Å². The number of pyridine rings is 1. The Balaban J connectivity index is 1.44. The van der Waals surface area contributed by atoms with Gasteiger partial charge in [0.05, 0.1) is 12.1 Å². The predicted octanol–water partition coefficient (Wildman–Crippen LogP) is 6.08. The van der Waals surface area contributed by atoms with Gasteiger partial charge in [0.15, 0.2) is 0 Å². The van der Waals surface area contributed by atoms with Crippen molar-refractivity contribution in [1.82, 2.24) is 9.88 Å². The van der Waals surface area contributed by atoms with E-state index in [2.05, 4.69) is 27.2 Å². The average Bonchev–Trinajstić information content (AvgIpc) is 2.75. The van der Waals surface area contributed by atoms with E-state index in [1.807, 2.05) is 30.6 Å². The van der Waals surface area contributed by atoms with Crippen LogP contribution in [-0.4, -0.2) is 28.7 Å². The van der Waals surface area contributed by atoms with Crippen molar-refractivity contribution in [3.8, 4) is 11.6 Å². The van der Waals surface area contributed by atoms with E-state index in [9.17, 15) is 13.2 Å². The van der Waals surface area contributed by atoms with Crippen molar-refractivity contribution >= 4 is 12.3 Å². The van der Waals surface area contributed by atoms with Crippen LogP contribution in [-0.2, 0) is 6.18 Å². The summed E-state index contributed by atoms with van der Waals surface area (Å²) in [6.07, 6.45) is 8.74. The quantitative estimate of drug-likeness (QED) is 0.610. The largest absolute Gasteiger partial charge is 0.439 e. The topological polar surface area (TPSA) is 37.7 Å². The van der Waals surface area contributed by atoms with Crippen LogP contribution in [0.4, 0.5) is 13.2 Å². The molecule has 156 valence electrons. The number of rotatable bonds is 4. The third-order valence-corrected chi connectivity index (χ3v) is 5.26. The lowest BCUT2D eigenvalue weighted by Crippen LogP contribution is -2.35. The summed E-state index contributed by atoms with van der Waals surface area (Å²) in [6.45, 7) is 0.845. The fraction of sp³-hybridized carbons (Fsp3) is 0.304. The lowest BCUT2D eigenvalue weighted by molar-refractivity contribution is -0.137. The van der Waals surface area contributed by atoms with Crippen LogP contribution in [0.3, 0.4) is 0 Å². The first-order chi connectivity index (χ1) is 14.5. The lowest BCUT2D eigenvalue weighted by Gasteiger charge is -2.34. The van der Waals surface area contributed by atoms with Gasteiger partial charge in [0.25, 0.3) is 0 Å². The van der Waals surface area contributed by atoms with E-state index >= 15 is 0 Å². The van der Waals surface area contributed by atoms with Crippen molar-refractivity contribution in [2.75, 3.05) is 6.54 Å². The van der Waals surface area contributed by atoms with Crippen LogP contribution in [0.5, 0.6) is 11.6 Å². The first kappa shape index (κ1) is 20.2. The molecule has 0 bridgehead atoms. The Kier molecular flexibility index (Phi) is 5.88. The smallest absolute Gasteiger partial charge is 0.417 e. The standard InChI is InChI=1S/C23H22F3N3O/c24-23(25,26)19-7-8-22(28-16-19)30-21-6-2-4-18(15-21)13-17-3-1-5-20(14-17)29-11-9-27-10-12-29/h2,4,6-11,13,15-16,20H,1,3,5,12,14H2/b17-13+. The Morgan fingerprint density at radius 1 is 1.17 bits per heavy atom. The number of halogens is 3. The Morgan fingerprint density at radius 3 is 2.80 bits per heavy atom. The first-order valence-electron chi connectivity index (χ1n) is 9.92. The molecular weight excluding hydrogens is 391 g/mol. The molecule has 0 spiro atoms. The maximum atomic E-state index is 12.7. The van der Waals surface area contributed by atoms with E-state index in [1.165, 1.54) is 11.6 Å². The van der Waals surface area contributed by atoms with Gasteiger partial charge in [-0.2, -0.15) is 13.2 Å². The van der Waals surface area contributed by atoms with Gasteiger partial charge in [0.2, 0.25) is 5.88 Å². The summed E-state index contributed by atoms with van der Waals surface area (Å²) in [7, 11) is 0. The maximum Gasteiger partial charge on any atom is 0.417 e. The molecule has 2 heterocycles.